The average molecular weight is 229 g/mol. The molecular weight excluding hydrogens is 202 g/mol. The Morgan fingerprint density at radius 1 is 1.38 bits per heavy atom. The van der Waals surface area contributed by atoms with Gasteiger partial charge in [-0.2, -0.15) is 0 Å². The van der Waals surface area contributed by atoms with E-state index in [4.69, 9.17) is 9.47 Å². The highest BCUT2D eigenvalue weighted by molar-refractivity contribution is 4.99. The third-order valence-electron chi connectivity index (χ3n) is 3.50. The predicted octanol–water partition coefficient (Wildman–Crippen LogP) is 2.20. The van der Waals surface area contributed by atoms with Crippen LogP contribution in [0.4, 0.5) is 0 Å². The van der Waals surface area contributed by atoms with Crippen LogP contribution >= 0.6 is 0 Å². The van der Waals surface area contributed by atoms with Crippen LogP contribution in [-0.4, -0.2) is 37.5 Å². The van der Waals surface area contributed by atoms with E-state index in [-0.39, 0.29) is 11.2 Å². The van der Waals surface area contributed by atoms with Gasteiger partial charge in [-0.25, -0.2) is 0 Å². The highest BCUT2D eigenvalue weighted by atomic mass is 16.5. The predicted molar refractivity (Wildman–Crippen MR) is 66.7 cm³/mol. The normalized spacial score (nSPS) is 29.2. The molecule has 0 amide bonds. The number of nitrogens with one attached hydrogen (secondary N) is 1. The molecule has 0 aromatic carbocycles. The summed E-state index contributed by atoms with van der Waals surface area (Å²) in [6, 6.07) is 0.372. The molecule has 2 atom stereocenters. The van der Waals surface area contributed by atoms with Crippen LogP contribution in [0.15, 0.2) is 0 Å². The van der Waals surface area contributed by atoms with Gasteiger partial charge in [0.25, 0.3) is 0 Å². The Morgan fingerprint density at radius 2 is 2.00 bits per heavy atom. The maximum Gasteiger partial charge on any atom is 0.0678 e. The molecule has 1 aliphatic heterocycles. The highest BCUT2D eigenvalue weighted by Gasteiger charge is 2.48. The maximum atomic E-state index is 6.12. The molecule has 0 bridgehead atoms. The van der Waals surface area contributed by atoms with Gasteiger partial charge in [-0.1, -0.05) is 0 Å². The van der Waals surface area contributed by atoms with Crippen molar-refractivity contribution in [3.8, 4) is 0 Å². The molecule has 0 aromatic rings. The molecule has 3 heteroatoms. The summed E-state index contributed by atoms with van der Waals surface area (Å²) in [5.74, 6) is 0.499. The Labute approximate surface area is 99.9 Å². The van der Waals surface area contributed by atoms with Gasteiger partial charge in [0.05, 0.1) is 17.8 Å². The fourth-order valence-corrected chi connectivity index (χ4v) is 2.88. The third kappa shape index (κ3) is 3.19. The van der Waals surface area contributed by atoms with Gasteiger partial charge in [0, 0.05) is 18.6 Å². The lowest BCUT2D eigenvalue weighted by Gasteiger charge is -2.32. The molecule has 1 saturated heterocycles. The van der Waals surface area contributed by atoms with E-state index < -0.39 is 0 Å². The van der Waals surface area contributed by atoms with Crippen molar-refractivity contribution in [3.63, 3.8) is 0 Å². The lowest BCUT2D eigenvalue weighted by molar-refractivity contribution is -0.0800. The van der Waals surface area contributed by atoms with Gasteiger partial charge in [-0.3, -0.25) is 0 Å². The van der Waals surface area contributed by atoms with Gasteiger partial charge in [-0.15, -0.1) is 0 Å². The Morgan fingerprint density at radius 3 is 2.38 bits per heavy atom. The molecule has 1 N–H and O–H groups in total. The smallest absolute Gasteiger partial charge is 0.0678 e. The van der Waals surface area contributed by atoms with Gasteiger partial charge < -0.3 is 14.8 Å². The van der Waals surface area contributed by atoms with Crippen molar-refractivity contribution in [1.82, 2.24) is 5.32 Å². The van der Waals surface area contributed by atoms with Gasteiger partial charge >= 0.3 is 0 Å². The molecule has 1 aliphatic rings. The van der Waals surface area contributed by atoms with E-state index in [0.29, 0.717) is 12.0 Å². The molecule has 2 unspecified atom stereocenters. The summed E-state index contributed by atoms with van der Waals surface area (Å²) in [7, 11) is 2.01. The molecule has 0 spiro atoms. The minimum atomic E-state index is -0.0751. The van der Waals surface area contributed by atoms with Crippen LogP contribution in [0, 0.1) is 5.92 Å². The zero-order valence-corrected chi connectivity index (χ0v) is 11.6. The van der Waals surface area contributed by atoms with Gasteiger partial charge in [0.1, 0.15) is 0 Å². The van der Waals surface area contributed by atoms with E-state index in [1.54, 1.807) is 0 Å². The lowest BCUT2D eigenvalue weighted by atomic mass is 9.82. The summed E-state index contributed by atoms with van der Waals surface area (Å²) in [5, 5.41) is 3.37. The highest BCUT2D eigenvalue weighted by Crippen LogP contribution is 2.43. The lowest BCUT2D eigenvalue weighted by Crippen LogP contribution is -2.45. The topological polar surface area (TPSA) is 30.5 Å². The number of rotatable bonds is 5. The quantitative estimate of drug-likeness (QED) is 0.784. The molecule has 0 saturated carbocycles. The van der Waals surface area contributed by atoms with Crippen LogP contribution in [0.2, 0.25) is 0 Å². The van der Waals surface area contributed by atoms with Crippen LogP contribution in [0.5, 0.6) is 0 Å². The Bertz CT molecular complexity index is 226. The third-order valence-corrected chi connectivity index (χ3v) is 3.50. The first-order chi connectivity index (χ1) is 7.32. The number of likely N-dealkylation sites (N-methyl/N-ethyl adjacent to an activating group) is 1. The molecule has 1 fully saturated rings. The van der Waals surface area contributed by atoms with Gasteiger partial charge in [0.15, 0.2) is 0 Å². The van der Waals surface area contributed by atoms with E-state index in [0.717, 1.165) is 19.6 Å². The Balaban J connectivity index is 2.69. The van der Waals surface area contributed by atoms with Crippen LogP contribution < -0.4 is 5.32 Å². The number of ether oxygens (including phenoxy) is 2. The van der Waals surface area contributed by atoms with Crippen molar-refractivity contribution in [2.45, 2.75) is 58.3 Å². The Hall–Kier alpha value is -0.120. The fraction of sp³-hybridized carbons (Fsp3) is 1.00. The second kappa shape index (κ2) is 5.03. The summed E-state index contributed by atoms with van der Waals surface area (Å²) in [6.45, 7) is 12.3. The van der Waals surface area contributed by atoms with Crippen molar-refractivity contribution in [1.29, 1.82) is 0 Å². The van der Waals surface area contributed by atoms with Gasteiger partial charge in [0.2, 0.25) is 0 Å². The zero-order chi connectivity index (χ0) is 12.4. The molecule has 3 nitrogen and oxygen atoms in total. The number of hydrogen-bond donors (Lipinski definition) is 1. The minimum Gasteiger partial charge on any atom is -0.380 e. The first kappa shape index (κ1) is 13.9. The van der Waals surface area contributed by atoms with Crippen molar-refractivity contribution in [2.24, 2.45) is 5.92 Å². The van der Waals surface area contributed by atoms with Crippen molar-refractivity contribution in [2.75, 3.05) is 20.3 Å². The van der Waals surface area contributed by atoms with E-state index in [9.17, 15) is 0 Å². The van der Waals surface area contributed by atoms with Crippen LogP contribution in [0.3, 0.4) is 0 Å². The van der Waals surface area contributed by atoms with E-state index in [1.807, 2.05) is 14.0 Å². The SMILES string of the molecule is CCOCC(NC)C1CC(C)(C)OC1(C)C. The molecule has 0 radical (unpaired) electrons. The molecule has 0 aromatic heterocycles. The summed E-state index contributed by atoms with van der Waals surface area (Å²) in [4.78, 5) is 0. The molecule has 1 heterocycles. The number of hydrogen-bond acceptors (Lipinski definition) is 3. The standard InChI is InChI=1S/C13H27NO2/c1-7-15-9-11(14-6)10-8-12(2,3)16-13(10,4)5/h10-11,14H,7-9H2,1-6H3. The molecule has 1 rings (SSSR count). The van der Waals surface area contributed by atoms with Crippen LogP contribution in [0.25, 0.3) is 0 Å². The zero-order valence-electron chi connectivity index (χ0n) is 11.6. The summed E-state index contributed by atoms with van der Waals surface area (Å²) in [6.07, 6.45) is 1.08. The fourth-order valence-electron chi connectivity index (χ4n) is 2.88. The van der Waals surface area contributed by atoms with E-state index >= 15 is 0 Å². The summed E-state index contributed by atoms with van der Waals surface area (Å²) >= 11 is 0. The largest absolute Gasteiger partial charge is 0.380 e. The maximum absolute atomic E-state index is 6.12. The first-order valence-electron chi connectivity index (χ1n) is 6.27. The van der Waals surface area contributed by atoms with E-state index in [1.165, 1.54) is 0 Å². The second-order valence-corrected chi connectivity index (χ2v) is 5.83. The summed E-state index contributed by atoms with van der Waals surface area (Å²) in [5.41, 5.74) is -0.0935. The van der Waals surface area contributed by atoms with Crippen LogP contribution in [-0.2, 0) is 9.47 Å². The Kier molecular flexibility index (Phi) is 4.38. The molecule has 16 heavy (non-hydrogen) atoms. The minimum absolute atomic E-state index is 0.0184. The molecule has 96 valence electrons. The van der Waals surface area contributed by atoms with Crippen molar-refractivity contribution in [3.05, 3.63) is 0 Å². The molecule has 0 aliphatic carbocycles. The van der Waals surface area contributed by atoms with Gasteiger partial charge in [-0.05, 0) is 48.1 Å². The van der Waals surface area contributed by atoms with E-state index in [2.05, 4.69) is 33.0 Å². The van der Waals surface area contributed by atoms with Crippen molar-refractivity contribution < 1.29 is 9.47 Å². The average Bonchev–Trinajstić information content (AvgIpc) is 2.36. The first-order valence-corrected chi connectivity index (χ1v) is 6.27. The van der Waals surface area contributed by atoms with Crippen LogP contribution in [0.1, 0.15) is 41.0 Å². The second-order valence-electron chi connectivity index (χ2n) is 5.83. The molecular formula is C13H27NO2. The summed E-state index contributed by atoms with van der Waals surface area (Å²) < 4.78 is 11.7. The van der Waals surface area contributed by atoms with Crippen molar-refractivity contribution >= 4 is 0 Å². The monoisotopic (exact) mass is 229 g/mol.